The highest BCUT2D eigenvalue weighted by molar-refractivity contribution is 14.1. The van der Waals surface area contributed by atoms with Crippen LogP contribution < -0.4 is 4.90 Å². The predicted molar refractivity (Wildman–Crippen MR) is 81.0 cm³/mol. The zero-order valence-corrected chi connectivity index (χ0v) is 13.3. The summed E-state index contributed by atoms with van der Waals surface area (Å²) in [7, 11) is 0. The number of carbonyl (C=O) groups is 2. The normalized spacial score (nSPS) is 19.4. The number of nitrogens with zero attached hydrogens (tertiary/aromatic N) is 2. The number of amides is 1. The van der Waals surface area contributed by atoms with E-state index >= 15 is 0 Å². The van der Waals surface area contributed by atoms with Gasteiger partial charge in [-0.3, -0.25) is 14.5 Å². The number of anilines is 1. The summed E-state index contributed by atoms with van der Waals surface area (Å²) < 4.78 is 0.835. The molecule has 18 heavy (non-hydrogen) atoms. The van der Waals surface area contributed by atoms with Gasteiger partial charge < -0.3 is 0 Å². The van der Waals surface area contributed by atoms with Gasteiger partial charge in [-0.25, -0.2) is 4.98 Å². The minimum absolute atomic E-state index is 0.00138. The summed E-state index contributed by atoms with van der Waals surface area (Å²) in [6.45, 7) is 2.04. The first kappa shape index (κ1) is 14.1. The van der Waals surface area contributed by atoms with Crippen molar-refractivity contribution >= 4 is 62.8 Å². The van der Waals surface area contributed by atoms with Gasteiger partial charge in [-0.15, -0.1) is 0 Å². The molecule has 1 aromatic heterocycles. The van der Waals surface area contributed by atoms with Gasteiger partial charge in [0, 0.05) is 31.3 Å². The van der Waals surface area contributed by atoms with Gasteiger partial charge in [0.1, 0.15) is 5.82 Å². The Balaban J connectivity index is 2.19. The van der Waals surface area contributed by atoms with E-state index in [9.17, 15) is 9.59 Å². The van der Waals surface area contributed by atoms with Crippen molar-refractivity contribution in [3.05, 3.63) is 20.9 Å². The molecular formula is C11H10ClIN2O2S. The van der Waals surface area contributed by atoms with Gasteiger partial charge >= 0.3 is 0 Å². The summed E-state index contributed by atoms with van der Waals surface area (Å²) in [4.78, 5) is 28.8. The second kappa shape index (κ2) is 5.75. The zero-order chi connectivity index (χ0) is 13.3. The molecule has 1 aromatic rings. The van der Waals surface area contributed by atoms with E-state index < -0.39 is 0 Å². The lowest BCUT2D eigenvalue weighted by Crippen LogP contribution is -2.26. The van der Waals surface area contributed by atoms with Crippen molar-refractivity contribution in [2.24, 2.45) is 0 Å². The maximum absolute atomic E-state index is 11.9. The molecule has 0 bridgehead atoms. The highest BCUT2D eigenvalue weighted by Crippen LogP contribution is 2.30. The second-order valence-corrected chi connectivity index (χ2v) is 6.97. The Hall–Kier alpha value is -0.340. The monoisotopic (exact) mass is 396 g/mol. The molecule has 0 saturated carbocycles. The summed E-state index contributed by atoms with van der Waals surface area (Å²) >= 11 is 9.16. The van der Waals surface area contributed by atoms with Gasteiger partial charge in [-0.05, 0) is 28.7 Å². The fourth-order valence-electron chi connectivity index (χ4n) is 1.80. The van der Waals surface area contributed by atoms with E-state index in [4.69, 9.17) is 11.6 Å². The van der Waals surface area contributed by atoms with Crippen LogP contribution in [-0.4, -0.2) is 27.8 Å². The van der Waals surface area contributed by atoms with Crippen LogP contribution in [0.25, 0.3) is 0 Å². The van der Waals surface area contributed by atoms with Crippen LogP contribution >= 0.6 is 46.0 Å². The Bertz CT molecular complexity index is 512. The molecule has 0 aromatic carbocycles. The Kier molecular flexibility index (Phi) is 4.50. The predicted octanol–water partition coefficient (Wildman–Crippen LogP) is 2.72. The lowest BCUT2D eigenvalue weighted by molar-refractivity contribution is -0.117. The first-order valence-electron chi connectivity index (χ1n) is 5.26. The van der Waals surface area contributed by atoms with Crippen molar-refractivity contribution in [1.29, 1.82) is 0 Å². The number of pyridine rings is 1. The summed E-state index contributed by atoms with van der Waals surface area (Å²) in [5, 5.41) is 0.598. The molecule has 0 radical (unpaired) electrons. The number of carbonyl (C=O) groups excluding carboxylic acids is 2. The van der Waals surface area contributed by atoms with E-state index in [1.54, 1.807) is 11.0 Å². The molecular weight excluding hydrogens is 387 g/mol. The van der Waals surface area contributed by atoms with Gasteiger partial charge in [-0.1, -0.05) is 23.4 Å². The molecule has 1 unspecified atom stereocenters. The molecule has 1 amide bonds. The quantitative estimate of drug-likeness (QED) is 0.721. The van der Waals surface area contributed by atoms with Crippen LogP contribution in [-0.2, 0) is 9.59 Å². The van der Waals surface area contributed by atoms with Crippen molar-refractivity contribution in [3.63, 3.8) is 0 Å². The van der Waals surface area contributed by atoms with E-state index in [2.05, 4.69) is 27.6 Å². The third kappa shape index (κ3) is 3.16. The van der Waals surface area contributed by atoms with Gasteiger partial charge in [0.05, 0.1) is 8.59 Å². The standard InChI is InChI=1S/C11H10ClIN2O2S/c1-6(16)18-8-3-10(17)15(5-8)11-9(13)2-7(12)4-14-11/h2,4,8H,3,5H2,1H3. The van der Waals surface area contributed by atoms with Crippen LogP contribution in [0.1, 0.15) is 13.3 Å². The maximum atomic E-state index is 11.9. The molecule has 2 rings (SSSR count). The van der Waals surface area contributed by atoms with Crippen LogP contribution in [0.15, 0.2) is 12.3 Å². The second-order valence-electron chi connectivity index (χ2n) is 3.90. The van der Waals surface area contributed by atoms with Crippen LogP contribution in [0, 0.1) is 3.57 Å². The molecule has 1 atom stereocenters. The molecule has 4 nitrogen and oxygen atoms in total. The van der Waals surface area contributed by atoms with Crippen LogP contribution in [0.2, 0.25) is 5.02 Å². The van der Waals surface area contributed by atoms with Crippen molar-refractivity contribution in [3.8, 4) is 0 Å². The summed E-state index contributed by atoms with van der Waals surface area (Å²) in [6, 6.07) is 1.77. The number of halogens is 2. The van der Waals surface area contributed by atoms with Crippen molar-refractivity contribution in [2.45, 2.75) is 18.6 Å². The van der Waals surface area contributed by atoms with Crippen LogP contribution in [0.3, 0.4) is 0 Å². The molecule has 1 fully saturated rings. The first-order valence-corrected chi connectivity index (χ1v) is 7.59. The van der Waals surface area contributed by atoms with Crippen LogP contribution in [0.5, 0.6) is 0 Å². The molecule has 1 aliphatic rings. The maximum Gasteiger partial charge on any atom is 0.229 e. The van der Waals surface area contributed by atoms with Gasteiger partial charge in [0.2, 0.25) is 5.91 Å². The Labute approximate surface area is 128 Å². The average molecular weight is 397 g/mol. The molecule has 96 valence electrons. The third-order valence-corrected chi connectivity index (χ3v) is 4.45. The van der Waals surface area contributed by atoms with Crippen LogP contribution in [0.4, 0.5) is 5.82 Å². The molecule has 2 heterocycles. The number of hydrogen-bond acceptors (Lipinski definition) is 4. The van der Waals surface area contributed by atoms with Gasteiger partial charge in [0.15, 0.2) is 5.12 Å². The number of rotatable bonds is 2. The van der Waals surface area contributed by atoms with E-state index in [0.29, 0.717) is 23.8 Å². The smallest absolute Gasteiger partial charge is 0.229 e. The fraction of sp³-hybridized carbons (Fsp3) is 0.364. The third-order valence-electron chi connectivity index (χ3n) is 2.47. The zero-order valence-electron chi connectivity index (χ0n) is 9.52. The number of aromatic nitrogens is 1. The van der Waals surface area contributed by atoms with E-state index in [-0.39, 0.29) is 16.3 Å². The lowest BCUT2D eigenvalue weighted by Gasteiger charge is -2.16. The average Bonchev–Trinajstić information content (AvgIpc) is 2.58. The number of hydrogen-bond donors (Lipinski definition) is 0. The fourth-order valence-corrected chi connectivity index (χ4v) is 3.83. The van der Waals surface area contributed by atoms with Gasteiger partial charge in [-0.2, -0.15) is 0 Å². The Morgan fingerprint density at radius 2 is 2.39 bits per heavy atom. The topological polar surface area (TPSA) is 50.3 Å². The minimum atomic E-state index is 0.00138. The van der Waals surface area contributed by atoms with E-state index in [0.717, 1.165) is 3.57 Å². The molecule has 1 saturated heterocycles. The molecule has 0 spiro atoms. The minimum Gasteiger partial charge on any atom is -0.295 e. The molecule has 1 aliphatic heterocycles. The van der Waals surface area contributed by atoms with E-state index in [1.807, 2.05) is 0 Å². The molecule has 0 aliphatic carbocycles. The number of thioether (sulfide) groups is 1. The SMILES string of the molecule is CC(=O)SC1CC(=O)N(c2ncc(Cl)cc2I)C1. The molecule has 7 heteroatoms. The highest BCUT2D eigenvalue weighted by atomic mass is 127. The Morgan fingerprint density at radius 3 is 3.00 bits per heavy atom. The first-order chi connectivity index (χ1) is 8.47. The summed E-state index contributed by atoms with van der Waals surface area (Å²) in [6.07, 6.45) is 1.91. The van der Waals surface area contributed by atoms with Crippen molar-refractivity contribution < 1.29 is 9.59 Å². The molecule has 0 N–H and O–H groups in total. The lowest BCUT2D eigenvalue weighted by atomic mass is 10.4. The highest BCUT2D eigenvalue weighted by Gasteiger charge is 2.33. The summed E-state index contributed by atoms with van der Waals surface area (Å²) in [5.41, 5.74) is 0. The van der Waals surface area contributed by atoms with Gasteiger partial charge in [0.25, 0.3) is 0 Å². The van der Waals surface area contributed by atoms with Crippen molar-refractivity contribution in [1.82, 2.24) is 4.98 Å². The van der Waals surface area contributed by atoms with E-state index in [1.165, 1.54) is 24.9 Å². The van der Waals surface area contributed by atoms with Crippen molar-refractivity contribution in [2.75, 3.05) is 11.4 Å². The largest absolute Gasteiger partial charge is 0.295 e. The summed E-state index contributed by atoms with van der Waals surface area (Å²) in [5.74, 6) is 0.623. The Morgan fingerprint density at radius 1 is 1.67 bits per heavy atom.